The van der Waals surface area contributed by atoms with Crippen LogP contribution in [0.25, 0.3) is 0 Å². The van der Waals surface area contributed by atoms with E-state index in [1.54, 1.807) is 6.92 Å². The molecule has 3 aromatic rings. The second-order valence-corrected chi connectivity index (χ2v) is 10.9. The maximum absolute atomic E-state index is 11.5. The van der Waals surface area contributed by atoms with E-state index < -0.39 is 12.1 Å². The van der Waals surface area contributed by atoms with Gasteiger partial charge in [0.15, 0.2) is 0 Å². The summed E-state index contributed by atoms with van der Waals surface area (Å²) in [6.45, 7) is 11.2. The van der Waals surface area contributed by atoms with E-state index in [-0.39, 0.29) is 36.4 Å². The summed E-state index contributed by atoms with van der Waals surface area (Å²) < 4.78 is 33.9. The first kappa shape index (κ1) is 31.1. The molecule has 1 aliphatic heterocycles. The lowest BCUT2D eigenvalue weighted by Gasteiger charge is -2.27. The lowest BCUT2D eigenvalue weighted by molar-refractivity contribution is -0.142. The van der Waals surface area contributed by atoms with E-state index in [2.05, 4.69) is 32.6 Å². The number of rotatable bonds is 17. The Labute approximate surface area is 247 Å². The number of benzene rings is 3. The van der Waals surface area contributed by atoms with Gasteiger partial charge in [0.1, 0.15) is 62.0 Å². The monoisotopic (exact) mass is 576 g/mol. The standard InChI is InChI=1S/C34H40O8/c1-24(2)33(36)42-19-27(35)18-37-29-14-10-25(11-15-29)34(3,4)26-12-16-30(17-13-26)39-21-31(40-22-32-23-41-32)20-38-28-8-6-5-7-9-28/h5-17,27,31-32,35H,1,18-23H2,2-4H3. The van der Waals surface area contributed by atoms with Crippen molar-refractivity contribution in [1.82, 2.24) is 0 Å². The van der Waals surface area contributed by atoms with Crippen LogP contribution in [-0.2, 0) is 24.4 Å². The third-order valence-electron chi connectivity index (χ3n) is 6.88. The van der Waals surface area contributed by atoms with Gasteiger partial charge < -0.3 is 33.5 Å². The molecule has 42 heavy (non-hydrogen) atoms. The number of para-hydroxylation sites is 1. The maximum Gasteiger partial charge on any atom is 0.333 e. The first-order valence-electron chi connectivity index (χ1n) is 14.1. The van der Waals surface area contributed by atoms with Gasteiger partial charge in [-0.1, -0.05) is 62.9 Å². The number of esters is 1. The fraction of sp³-hybridized carbons (Fsp3) is 0.382. The van der Waals surface area contributed by atoms with Crippen LogP contribution in [0.15, 0.2) is 91.0 Å². The zero-order valence-electron chi connectivity index (χ0n) is 24.5. The van der Waals surface area contributed by atoms with Crippen LogP contribution >= 0.6 is 0 Å². The zero-order valence-corrected chi connectivity index (χ0v) is 24.5. The number of aliphatic hydroxyl groups is 1. The number of carbonyl (C=O) groups is 1. The zero-order chi connectivity index (χ0) is 30.0. The lowest BCUT2D eigenvalue weighted by atomic mass is 9.78. The summed E-state index contributed by atoms with van der Waals surface area (Å²) in [5, 5.41) is 10.0. The molecule has 0 aromatic heterocycles. The third-order valence-corrected chi connectivity index (χ3v) is 6.88. The van der Waals surface area contributed by atoms with Crippen LogP contribution in [0.3, 0.4) is 0 Å². The van der Waals surface area contributed by atoms with Crippen LogP contribution in [0.1, 0.15) is 31.9 Å². The van der Waals surface area contributed by atoms with Crippen LogP contribution in [0.4, 0.5) is 0 Å². The molecular weight excluding hydrogens is 536 g/mol. The van der Waals surface area contributed by atoms with Gasteiger partial charge in [-0.15, -0.1) is 0 Å². The molecule has 1 fully saturated rings. The summed E-state index contributed by atoms with van der Waals surface area (Å²) >= 11 is 0. The Morgan fingerprint density at radius 3 is 1.86 bits per heavy atom. The highest BCUT2D eigenvalue weighted by Crippen LogP contribution is 2.33. The molecule has 0 bridgehead atoms. The minimum atomic E-state index is -0.935. The molecule has 8 nitrogen and oxygen atoms in total. The molecule has 8 heteroatoms. The molecule has 1 saturated heterocycles. The van der Waals surface area contributed by atoms with Gasteiger partial charge >= 0.3 is 5.97 Å². The minimum Gasteiger partial charge on any atom is -0.491 e. The van der Waals surface area contributed by atoms with Gasteiger partial charge in [-0.05, 0) is 54.4 Å². The molecule has 0 amide bonds. The molecule has 3 atom stereocenters. The van der Waals surface area contributed by atoms with Crippen molar-refractivity contribution < 1.29 is 38.3 Å². The summed E-state index contributed by atoms with van der Waals surface area (Å²) in [5.41, 5.74) is 2.25. The molecule has 1 N–H and O–H groups in total. The molecule has 224 valence electrons. The van der Waals surface area contributed by atoms with E-state index in [0.717, 1.165) is 29.2 Å². The Morgan fingerprint density at radius 1 is 0.857 bits per heavy atom. The van der Waals surface area contributed by atoms with Crippen LogP contribution < -0.4 is 14.2 Å². The third kappa shape index (κ3) is 9.62. The normalized spacial score (nSPS) is 15.8. The van der Waals surface area contributed by atoms with Crippen molar-refractivity contribution in [3.63, 3.8) is 0 Å². The second kappa shape index (κ2) is 14.9. The Kier molecular flexibility index (Phi) is 11.0. The van der Waals surface area contributed by atoms with E-state index in [0.29, 0.717) is 25.6 Å². The van der Waals surface area contributed by atoms with Gasteiger partial charge in [0.2, 0.25) is 0 Å². The van der Waals surface area contributed by atoms with Gasteiger partial charge in [-0.3, -0.25) is 0 Å². The predicted molar refractivity (Wildman–Crippen MR) is 159 cm³/mol. The highest BCUT2D eigenvalue weighted by molar-refractivity contribution is 5.86. The highest BCUT2D eigenvalue weighted by atomic mass is 16.6. The van der Waals surface area contributed by atoms with E-state index >= 15 is 0 Å². The number of hydrogen-bond acceptors (Lipinski definition) is 8. The van der Waals surface area contributed by atoms with Gasteiger partial charge in [-0.25, -0.2) is 4.79 Å². The molecule has 0 aliphatic carbocycles. The molecule has 0 saturated carbocycles. The van der Waals surface area contributed by atoms with Crippen LogP contribution in [0.5, 0.6) is 17.2 Å². The maximum atomic E-state index is 11.5. The van der Waals surface area contributed by atoms with Crippen molar-refractivity contribution in [2.75, 3.05) is 39.6 Å². The number of aliphatic hydroxyl groups excluding tert-OH is 1. The van der Waals surface area contributed by atoms with Crippen molar-refractivity contribution >= 4 is 5.97 Å². The van der Waals surface area contributed by atoms with Gasteiger partial charge in [0.25, 0.3) is 0 Å². The molecule has 0 radical (unpaired) electrons. The average Bonchev–Trinajstić information content (AvgIpc) is 3.84. The minimum absolute atomic E-state index is 0.00626. The van der Waals surface area contributed by atoms with Gasteiger partial charge in [0.05, 0.1) is 13.2 Å². The SMILES string of the molecule is C=C(C)C(=O)OCC(O)COc1ccc(C(C)(C)c2ccc(OCC(COc3ccccc3)OCC3CO3)cc2)cc1. The topological polar surface area (TPSA) is 96.0 Å². The Balaban J connectivity index is 1.27. The fourth-order valence-corrected chi connectivity index (χ4v) is 4.09. The molecule has 1 heterocycles. The quantitative estimate of drug-likeness (QED) is 0.135. The van der Waals surface area contributed by atoms with Gasteiger partial charge in [-0.2, -0.15) is 0 Å². The van der Waals surface area contributed by atoms with E-state index in [9.17, 15) is 9.90 Å². The Bertz CT molecular complexity index is 1270. The predicted octanol–water partition coefficient (Wildman–Crippen LogP) is 5.11. The smallest absolute Gasteiger partial charge is 0.333 e. The molecule has 4 rings (SSSR count). The molecule has 3 unspecified atom stereocenters. The second-order valence-electron chi connectivity index (χ2n) is 10.9. The van der Waals surface area contributed by atoms with Crippen molar-refractivity contribution in [2.24, 2.45) is 0 Å². The fourth-order valence-electron chi connectivity index (χ4n) is 4.09. The molecule has 0 spiro atoms. The van der Waals surface area contributed by atoms with E-state index in [1.165, 1.54) is 0 Å². The number of carbonyl (C=O) groups excluding carboxylic acids is 1. The molecule has 1 aliphatic rings. The number of hydrogen-bond donors (Lipinski definition) is 1. The largest absolute Gasteiger partial charge is 0.491 e. The molecular formula is C34H40O8. The van der Waals surface area contributed by atoms with E-state index in [4.69, 9.17) is 28.4 Å². The summed E-state index contributed by atoms with van der Waals surface area (Å²) in [7, 11) is 0. The molecule has 3 aromatic carbocycles. The number of epoxide rings is 1. The lowest BCUT2D eigenvalue weighted by Crippen LogP contribution is -2.30. The highest BCUT2D eigenvalue weighted by Gasteiger charge is 2.26. The first-order valence-corrected chi connectivity index (χ1v) is 14.1. The first-order chi connectivity index (χ1) is 20.2. The van der Waals surface area contributed by atoms with Crippen molar-refractivity contribution in [1.29, 1.82) is 0 Å². The van der Waals surface area contributed by atoms with Crippen LogP contribution in [0.2, 0.25) is 0 Å². The van der Waals surface area contributed by atoms with E-state index in [1.807, 2.05) is 66.7 Å². The Morgan fingerprint density at radius 2 is 1.36 bits per heavy atom. The van der Waals surface area contributed by atoms with Crippen molar-refractivity contribution in [2.45, 2.75) is 44.5 Å². The summed E-state index contributed by atoms with van der Waals surface area (Å²) in [4.78, 5) is 11.5. The van der Waals surface area contributed by atoms with Crippen LogP contribution in [-0.4, -0.2) is 69.0 Å². The average molecular weight is 577 g/mol. The summed E-state index contributed by atoms with van der Waals surface area (Å²) in [6.07, 6.45) is -1.01. The van der Waals surface area contributed by atoms with Crippen molar-refractivity contribution in [3.05, 3.63) is 102 Å². The Hall–Kier alpha value is -3.85. The van der Waals surface area contributed by atoms with Crippen molar-refractivity contribution in [3.8, 4) is 17.2 Å². The summed E-state index contributed by atoms with van der Waals surface area (Å²) in [5.74, 6) is 1.62. The summed E-state index contributed by atoms with van der Waals surface area (Å²) in [6, 6.07) is 25.5. The number of ether oxygens (including phenoxy) is 6. The van der Waals surface area contributed by atoms with Crippen LogP contribution in [0, 0.1) is 0 Å². The van der Waals surface area contributed by atoms with Gasteiger partial charge in [0, 0.05) is 11.0 Å².